The van der Waals surface area contributed by atoms with Gasteiger partial charge in [-0.15, -0.1) is 0 Å². The average Bonchev–Trinajstić information content (AvgIpc) is 2.54. The van der Waals surface area contributed by atoms with Gasteiger partial charge < -0.3 is 10.1 Å². The minimum absolute atomic E-state index is 0.000319. The van der Waals surface area contributed by atoms with Crippen LogP contribution in [0.15, 0.2) is 18.2 Å². The summed E-state index contributed by atoms with van der Waals surface area (Å²) < 4.78 is 120. The Morgan fingerprint density at radius 2 is 1.61 bits per heavy atom. The van der Waals surface area contributed by atoms with E-state index in [1.165, 1.54) is 6.92 Å². The largest absolute Gasteiger partial charge is 0.494 e. The Kier molecular flexibility index (Phi) is 6.12. The van der Waals surface area contributed by atoms with E-state index in [-0.39, 0.29) is 12.4 Å². The Bertz CT molecular complexity index is 765. The number of carbonyl (C=O) groups is 1. The predicted octanol–water partition coefficient (Wildman–Crippen LogP) is 4.40. The molecule has 0 fully saturated rings. The van der Waals surface area contributed by atoms with Crippen molar-refractivity contribution in [1.29, 1.82) is 0 Å². The van der Waals surface area contributed by atoms with E-state index >= 15 is 0 Å². The normalized spacial score (nSPS) is 13.2. The topological polar surface area (TPSA) is 81.5 Å². The quantitative estimate of drug-likeness (QED) is 0.397. The molecule has 15 heteroatoms. The maximum Gasteiger partial charge on any atom is 0.460 e. The van der Waals surface area contributed by atoms with E-state index in [4.69, 9.17) is 4.74 Å². The minimum atomic E-state index is -7.27. The number of benzene rings is 1. The second kappa shape index (κ2) is 7.35. The van der Waals surface area contributed by atoms with Gasteiger partial charge in [0.2, 0.25) is 0 Å². The van der Waals surface area contributed by atoms with Crippen molar-refractivity contribution in [3.63, 3.8) is 0 Å². The number of nitrogens with zero attached hydrogens (tertiary/aromatic N) is 1. The first-order chi connectivity index (χ1) is 12.5. The molecular weight excluding hydrogens is 419 g/mol. The van der Waals surface area contributed by atoms with Crippen molar-refractivity contribution in [3.8, 4) is 5.75 Å². The summed E-state index contributed by atoms with van der Waals surface area (Å²) in [5, 5.41) is 11.8. The highest BCUT2D eigenvalue weighted by Crippen LogP contribution is 2.53. The number of anilines is 1. The molecule has 0 aromatic heterocycles. The van der Waals surface area contributed by atoms with Crippen LogP contribution in [0, 0.1) is 10.1 Å². The number of nitro groups is 1. The molecule has 0 aliphatic carbocycles. The number of rotatable bonds is 7. The minimum Gasteiger partial charge on any atom is -0.494 e. The molecule has 0 spiro atoms. The van der Waals surface area contributed by atoms with Gasteiger partial charge in [0.25, 0.3) is 5.69 Å². The fourth-order valence-electron chi connectivity index (χ4n) is 1.74. The maximum absolute atomic E-state index is 13.5. The molecule has 1 aromatic rings. The molecule has 28 heavy (non-hydrogen) atoms. The molecule has 1 amide bonds. The van der Waals surface area contributed by atoms with Crippen LogP contribution in [-0.2, 0) is 4.79 Å². The van der Waals surface area contributed by atoms with Crippen LogP contribution < -0.4 is 10.1 Å². The van der Waals surface area contributed by atoms with E-state index in [2.05, 4.69) is 0 Å². The summed E-state index contributed by atoms with van der Waals surface area (Å²) in [6.45, 7) is 1.46. The Balaban J connectivity index is 3.30. The molecule has 0 radical (unpaired) electrons. The van der Waals surface area contributed by atoms with Gasteiger partial charge in [0, 0.05) is 0 Å². The number of hydrogen-bond donors (Lipinski definition) is 1. The maximum atomic E-state index is 13.5. The number of hydrogen-bond acceptors (Lipinski definition) is 4. The second-order valence-corrected chi connectivity index (χ2v) is 5.04. The third-order valence-electron chi connectivity index (χ3n) is 3.15. The zero-order valence-electron chi connectivity index (χ0n) is 13.4. The van der Waals surface area contributed by atoms with Crippen LogP contribution in [0.4, 0.5) is 50.9 Å². The molecule has 0 saturated carbocycles. The fourth-order valence-corrected chi connectivity index (χ4v) is 1.74. The molecule has 0 heterocycles. The van der Waals surface area contributed by atoms with Crippen LogP contribution in [0.25, 0.3) is 0 Å². The van der Waals surface area contributed by atoms with E-state index in [1.54, 1.807) is 0 Å². The highest BCUT2D eigenvalue weighted by molar-refractivity contribution is 5.98. The van der Waals surface area contributed by atoms with Crippen molar-refractivity contribution < 1.29 is 54.0 Å². The Hall–Kier alpha value is -2.74. The molecule has 0 atom stereocenters. The van der Waals surface area contributed by atoms with Crippen LogP contribution in [-0.4, -0.2) is 41.4 Å². The molecule has 6 nitrogen and oxygen atoms in total. The highest BCUT2D eigenvalue weighted by atomic mass is 19.4. The number of carbonyl (C=O) groups excluding carboxylic acids is 1. The molecule has 0 saturated heterocycles. The standard InChI is InChI=1S/C13H9F9N2O4/c1-2-28-6-3-4-7(8(5-6)24(26)27)23-9(25)10(14,15)11(16,17)12(18,19)13(20,21)22/h3-5H,2H2,1H3,(H,23,25). The van der Waals surface area contributed by atoms with Crippen molar-refractivity contribution in [2.24, 2.45) is 0 Å². The second-order valence-electron chi connectivity index (χ2n) is 5.04. The average molecular weight is 428 g/mol. The van der Waals surface area contributed by atoms with Crippen molar-refractivity contribution in [1.82, 2.24) is 0 Å². The monoisotopic (exact) mass is 428 g/mol. The summed E-state index contributed by atoms with van der Waals surface area (Å²) in [6, 6.07) is 1.99. The Labute approximate surface area is 149 Å². The number of amides is 1. The highest BCUT2D eigenvalue weighted by Gasteiger charge is 2.83. The molecule has 0 bridgehead atoms. The summed E-state index contributed by atoms with van der Waals surface area (Å²) in [7, 11) is 0. The van der Waals surface area contributed by atoms with E-state index in [0.717, 1.165) is 11.4 Å². The van der Waals surface area contributed by atoms with Gasteiger partial charge in [-0.05, 0) is 19.1 Å². The molecule has 158 valence electrons. The zero-order chi connectivity index (χ0) is 22.1. The third-order valence-corrected chi connectivity index (χ3v) is 3.15. The lowest BCUT2D eigenvalue weighted by Crippen LogP contribution is -2.64. The zero-order valence-corrected chi connectivity index (χ0v) is 13.4. The molecule has 1 rings (SSSR count). The number of ether oxygens (including phenoxy) is 1. The molecule has 0 aliphatic rings. The SMILES string of the molecule is CCOc1ccc(NC(=O)C(F)(F)C(F)(F)C(F)(F)C(F)(F)F)c([N+](=O)[O-])c1. The van der Waals surface area contributed by atoms with E-state index < -0.39 is 46.1 Å². The number of nitro benzene ring substituents is 1. The van der Waals surface area contributed by atoms with Crippen molar-refractivity contribution in [2.75, 3.05) is 11.9 Å². The Morgan fingerprint density at radius 1 is 1.07 bits per heavy atom. The molecular formula is C13H9F9N2O4. The van der Waals surface area contributed by atoms with E-state index in [0.29, 0.717) is 12.1 Å². The van der Waals surface area contributed by atoms with Crippen LogP contribution in [0.2, 0.25) is 0 Å². The van der Waals surface area contributed by atoms with Crippen molar-refractivity contribution in [3.05, 3.63) is 28.3 Å². The molecule has 0 aliphatic heterocycles. The van der Waals surface area contributed by atoms with Gasteiger partial charge in [0.05, 0.1) is 17.6 Å². The van der Waals surface area contributed by atoms with Crippen molar-refractivity contribution >= 4 is 17.3 Å². The lowest BCUT2D eigenvalue weighted by Gasteiger charge is -2.32. The summed E-state index contributed by atoms with van der Waals surface area (Å²) in [5.41, 5.74) is -2.33. The van der Waals surface area contributed by atoms with Gasteiger partial charge >= 0.3 is 29.9 Å². The van der Waals surface area contributed by atoms with Crippen LogP contribution in [0.1, 0.15) is 6.92 Å². The lowest BCUT2D eigenvalue weighted by atomic mass is 10.0. The molecule has 0 unspecified atom stereocenters. The summed E-state index contributed by atoms with van der Waals surface area (Å²) >= 11 is 0. The van der Waals surface area contributed by atoms with Gasteiger partial charge in [-0.1, -0.05) is 0 Å². The van der Waals surface area contributed by atoms with Gasteiger partial charge in [-0.2, -0.15) is 39.5 Å². The van der Waals surface area contributed by atoms with E-state index in [1.807, 2.05) is 0 Å². The lowest BCUT2D eigenvalue weighted by molar-refractivity contribution is -0.388. The van der Waals surface area contributed by atoms with Gasteiger partial charge in [0.15, 0.2) is 0 Å². The van der Waals surface area contributed by atoms with E-state index in [9.17, 15) is 54.4 Å². The first-order valence-corrected chi connectivity index (χ1v) is 6.93. The third kappa shape index (κ3) is 3.91. The molecule has 1 N–H and O–H groups in total. The van der Waals surface area contributed by atoms with Crippen LogP contribution in [0.5, 0.6) is 5.75 Å². The fraction of sp³-hybridized carbons (Fsp3) is 0.462. The first kappa shape index (κ1) is 23.3. The first-order valence-electron chi connectivity index (χ1n) is 6.93. The van der Waals surface area contributed by atoms with Crippen LogP contribution >= 0.6 is 0 Å². The number of halogens is 9. The van der Waals surface area contributed by atoms with Gasteiger partial charge in [-0.25, -0.2) is 0 Å². The predicted molar refractivity (Wildman–Crippen MR) is 73.8 cm³/mol. The van der Waals surface area contributed by atoms with Crippen LogP contribution in [0.3, 0.4) is 0 Å². The summed E-state index contributed by atoms with van der Waals surface area (Å²) in [6.07, 6.45) is -7.11. The summed E-state index contributed by atoms with van der Waals surface area (Å²) in [4.78, 5) is 21.0. The number of alkyl halides is 9. The Morgan fingerprint density at radius 3 is 2.04 bits per heavy atom. The molecule has 1 aromatic carbocycles. The number of nitrogens with one attached hydrogen (secondary N) is 1. The van der Waals surface area contributed by atoms with Gasteiger partial charge in [-0.3, -0.25) is 14.9 Å². The summed E-state index contributed by atoms with van der Waals surface area (Å²) in [5.74, 6) is -24.6. The smallest absolute Gasteiger partial charge is 0.460 e. The van der Waals surface area contributed by atoms with Gasteiger partial charge in [0.1, 0.15) is 11.4 Å². The van der Waals surface area contributed by atoms with Crippen molar-refractivity contribution in [2.45, 2.75) is 30.9 Å².